The summed E-state index contributed by atoms with van der Waals surface area (Å²) >= 11 is 5.55. The summed E-state index contributed by atoms with van der Waals surface area (Å²) in [6.07, 6.45) is 2.31. The van der Waals surface area contributed by atoms with Crippen LogP contribution in [-0.4, -0.2) is 27.2 Å². The smallest absolute Gasteiger partial charge is 0.182 e. The maximum absolute atomic E-state index is 12.1. The predicted octanol–water partition coefficient (Wildman–Crippen LogP) is 2.88. The Hall–Kier alpha value is -0.740. The molecule has 1 aromatic carbocycles. The number of hydrogen-bond acceptors (Lipinski definition) is 3. The third-order valence-electron chi connectivity index (χ3n) is 2.45. The van der Waals surface area contributed by atoms with Crippen LogP contribution >= 0.6 is 11.6 Å². The first-order chi connectivity index (χ1) is 8.11. The normalized spacial score (nSPS) is 11.4. The van der Waals surface area contributed by atoms with Gasteiger partial charge in [0.25, 0.3) is 0 Å². The van der Waals surface area contributed by atoms with Crippen LogP contribution in [0, 0.1) is 0 Å². The van der Waals surface area contributed by atoms with E-state index in [0.717, 1.165) is 12.8 Å². The van der Waals surface area contributed by atoms with E-state index in [4.69, 9.17) is 16.3 Å². The molecule has 0 spiro atoms. The molecule has 5 heteroatoms. The number of rotatable bonds is 7. The first kappa shape index (κ1) is 14.3. The van der Waals surface area contributed by atoms with Crippen molar-refractivity contribution in [3.8, 4) is 5.75 Å². The predicted molar refractivity (Wildman–Crippen MR) is 69.6 cm³/mol. The zero-order valence-electron chi connectivity index (χ0n) is 9.86. The fourth-order valence-electron chi connectivity index (χ4n) is 1.55. The van der Waals surface area contributed by atoms with E-state index in [1.54, 1.807) is 24.3 Å². The molecular formula is C12H17ClO3S. The number of halogens is 1. The van der Waals surface area contributed by atoms with Crippen LogP contribution < -0.4 is 4.74 Å². The minimum Gasteiger partial charge on any atom is -0.495 e. The summed E-state index contributed by atoms with van der Waals surface area (Å²) in [5.41, 5.74) is 0. The molecule has 0 aliphatic rings. The summed E-state index contributed by atoms with van der Waals surface area (Å²) in [4.78, 5) is 0.272. The molecule has 0 N–H and O–H groups in total. The van der Waals surface area contributed by atoms with Gasteiger partial charge in [0.2, 0.25) is 0 Å². The van der Waals surface area contributed by atoms with Gasteiger partial charge < -0.3 is 4.74 Å². The Balaban J connectivity index is 2.75. The number of ether oxygens (including phenoxy) is 1. The molecule has 96 valence electrons. The second-order valence-electron chi connectivity index (χ2n) is 3.72. The van der Waals surface area contributed by atoms with Gasteiger partial charge in [-0.2, -0.15) is 0 Å². The van der Waals surface area contributed by atoms with E-state index in [9.17, 15) is 8.42 Å². The maximum atomic E-state index is 12.1. The number of unbranched alkanes of at least 4 members (excludes halogenated alkanes) is 2. The summed E-state index contributed by atoms with van der Waals surface area (Å²) in [7, 11) is -1.78. The quantitative estimate of drug-likeness (QED) is 0.568. The van der Waals surface area contributed by atoms with Crippen LogP contribution in [0.5, 0.6) is 5.75 Å². The van der Waals surface area contributed by atoms with Gasteiger partial charge in [0.1, 0.15) is 10.6 Å². The van der Waals surface area contributed by atoms with Gasteiger partial charge in [0.15, 0.2) is 9.84 Å². The van der Waals surface area contributed by atoms with Crippen molar-refractivity contribution in [1.29, 1.82) is 0 Å². The van der Waals surface area contributed by atoms with Gasteiger partial charge in [-0.25, -0.2) is 8.42 Å². The molecule has 0 bridgehead atoms. The highest BCUT2D eigenvalue weighted by atomic mass is 35.5. The molecule has 3 nitrogen and oxygen atoms in total. The van der Waals surface area contributed by atoms with Gasteiger partial charge in [0, 0.05) is 5.88 Å². The summed E-state index contributed by atoms with van der Waals surface area (Å²) in [5, 5.41) is 0. The molecule has 0 fully saturated rings. The molecule has 0 saturated carbocycles. The number of benzene rings is 1. The number of para-hydroxylation sites is 1. The highest BCUT2D eigenvalue weighted by molar-refractivity contribution is 7.91. The number of sulfone groups is 1. The van der Waals surface area contributed by atoms with E-state index in [-0.39, 0.29) is 10.6 Å². The third kappa shape index (κ3) is 4.21. The topological polar surface area (TPSA) is 43.4 Å². The van der Waals surface area contributed by atoms with Crippen LogP contribution in [0.3, 0.4) is 0 Å². The molecule has 0 aliphatic heterocycles. The SMILES string of the molecule is COc1ccccc1S(=O)(=O)CCCCCCl. The number of alkyl halides is 1. The van der Waals surface area contributed by atoms with Crippen molar-refractivity contribution in [2.45, 2.75) is 24.2 Å². The lowest BCUT2D eigenvalue weighted by atomic mass is 10.3. The number of hydrogen-bond donors (Lipinski definition) is 0. The van der Waals surface area contributed by atoms with Crippen molar-refractivity contribution in [3.05, 3.63) is 24.3 Å². The van der Waals surface area contributed by atoms with E-state index in [1.807, 2.05) is 0 Å². The van der Waals surface area contributed by atoms with Crippen molar-refractivity contribution >= 4 is 21.4 Å². The first-order valence-electron chi connectivity index (χ1n) is 5.53. The van der Waals surface area contributed by atoms with Gasteiger partial charge in [-0.05, 0) is 25.0 Å². The molecule has 0 aromatic heterocycles. The lowest BCUT2D eigenvalue weighted by Crippen LogP contribution is -2.08. The Morgan fingerprint density at radius 3 is 2.53 bits per heavy atom. The monoisotopic (exact) mass is 276 g/mol. The Morgan fingerprint density at radius 2 is 1.88 bits per heavy atom. The molecule has 0 aliphatic carbocycles. The van der Waals surface area contributed by atoms with E-state index in [2.05, 4.69) is 0 Å². The Labute approximate surface area is 108 Å². The van der Waals surface area contributed by atoms with Crippen LogP contribution in [-0.2, 0) is 9.84 Å². The fraction of sp³-hybridized carbons (Fsp3) is 0.500. The summed E-state index contributed by atoms with van der Waals surface area (Å²) in [5.74, 6) is 1.13. The molecule has 0 radical (unpaired) electrons. The van der Waals surface area contributed by atoms with Crippen LogP contribution in [0.15, 0.2) is 29.2 Å². The first-order valence-corrected chi connectivity index (χ1v) is 7.72. The minimum absolute atomic E-state index is 0.143. The van der Waals surface area contributed by atoms with E-state index < -0.39 is 9.84 Å². The van der Waals surface area contributed by atoms with E-state index in [0.29, 0.717) is 18.1 Å². The highest BCUT2D eigenvalue weighted by Gasteiger charge is 2.18. The van der Waals surface area contributed by atoms with Crippen LogP contribution in [0.1, 0.15) is 19.3 Å². The summed E-state index contributed by atoms with van der Waals surface area (Å²) < 4.78 is 29.2. The lowest BCUT2D eigenvalue weighted by Gasteiger charge is -2.08. The molecule has 0 amide bonds. The van der Waals surface area contributed by atoms with Crippen molar-refractivity contribution in [1.82, 2.24) is 0 Å². The van der Waals surface area contributed by atoms with Crippen LogP contribution in [0.4, 0.5) is 0 Å². The minimum atomic E-state index is -3.25. The molecule has 1 aromatic rings. The van der Waals surface area contributed by atoms with Crippen molar-refractivity contribution in [3.63, 3.8) is 0 Å². The zero-order valence-corrected chi connectivity index (χ0v) is 11.4. The molecule has 0 atom stereocenters. The standard InChI is InChI=1S/C12H17ClO3S/c1-16-11-7-3-4-8-12(11)17(14,15)10-6-2-5-9-13/h3-4,7-8H,2,5-6,9-10H2,1H3. The van der Waals surface area contributed by atoms with E-state index in [1.165, 1.54) is 7.11 Å². The average Bonchev–Trinajstić information content (AvgIpc) is 2.34. The molecule has 0 unspecified atom stereocenters. The lowest BCUT2D eigenvalue weighted by molar-refractivity contribution is 0.402. The Kier molecular flexibility index (Phi) is 5.78. The van der Waals surface area contributed by atoms with Gasteiger partial charge >= 0.3 is 0 Å². The Morgan fingerprint density at radius 1 is 1.18 bits per heavy atom. The molecule has 1 rings (SSSR count). The number of methoxy groups -OCH3 is 1. The van der Waals surface area contributed by atoms with Crippen LogP contribution in [0.2, 0.25) is 0 Å². The zero-order chi connectivity index (χ0) is 12.7. The van der Waals surface area contributed by atoms with Crippen molar-refractivity contribution in [2.75, 3.05) is 18.7 Å². The second kappa shape index (κ2) is 6.87. The maximum Gasteiger partial charge on any atom is 0.182 e. The average molecular weight is 277 g/mol. The second-order valence-corrected chi connectivity index (χ2v) is 6.17. The largest absolute Gasteiger partial charge is 0.495 e. The molecular weight excluding hydrogens is 260 g/mol. The molecule has 17 heavy (non-hydrogen) atoms. The van der Waals surface area contributed by atoms with E-state index >= 15 is 0 Å². The van der Waals surface area contributed by atoms with Gasteiger partial charge in [-0.1, -0.05) is 18.6 Å². The molecule has 0 heterocycles. The molecule has 0 saturated heterocycles. The van der Waals surface area contributed by atoms with Gasteiger partial charge in [0.05, 0.1) is 12.9 Å². The van der Waals surface area contributed by atoms with Crippen molar-refractivity contribution in [2.24, 2.45) is 0 Å². The third-order valence-corrected chi connectivity index (χ3v) is 4.55. The van der Waals surface area contributed by atoms with Gasteiger partial charge in [-0.3, -0.25) is 0 Å². The summed E-state index contributed by atoms with van der Waals surface area (Å²) in [6.45, 7) is 0. The highest BCUT2D eigenvalue weighted by Crippen LogP contribution is 2.24. The van der Waals surface area contributed by atoms with Crippen LogP contribution in [0.25, 0.3) is 0 Å². The Bertz CT molecular complexity index is 443. The fourth-order valence-corrected chi connectivity index (χ4v) is 3.29. The van der Waals surface area contributed by atoms with Crippen molar-refractivity contribution < 1.29 is 13.2 Å². The van der Waals surface area contributed by atoms with Gasteiger partial charge in [-0.15, -0.1) is 11.6 Å². The summed E-state index contributed by atoms with van der Waals surface area (Å²) in [6, 6.07) is 6.70.